The smallest absolute Gasteiger partial charge is 0.329 e. The summed E-state index contributed by atoms with van der Waals surface area (Å²) >= 11 is 0. The van der Waals surface area contributed by atoms with Crippen molar-refractivity contribution in [2.75, 3.05) is 13.7 Å². The molecule has 0 aromatic rings. The normalized spacial score (nSPS) is 38.7. The number of esters is 1. The Morgan fingerprint density at radius 2 is 1.57 bits per heavy atom. The summed E-state index contributed by atoms with van der Waals surface area (Å²) in [5.74, 6) is -8.87. The van der Waals surface area contributed by atoms with Crippen LogP contribution in [0.25, 0.3) is 0 Å². The average molecular weight is 886 g/mol. The summed E-state index contributed by atoms with van der Waals surface area (Å²) in [4.78, 5) is 70.9. The van der Waals surface area contributed by atoms with Gasteiger partial charge in [0.05, 0.1) is 24.4 Å². The minimum absolute atomic E-state index is 0.0566. The van der Waals surface area contributed by atoms with Gasteiger partial charge in [-0.05, 0) is 107 Å². The Bertz CT molecular complexity index is 1720. The molecule has 2 bridgehead atoms. The highest BCUT2D eigenvalue weighted by atomic mass is 16.6. The number of hydrogen-bond donors (Lipinski definition) is 5. The molecule has 0 spiro atoms. The fourth-order valence-electron chi connectivity index (χ4n) is 9.62. The van der Waals surface area contributed by atoms with Crippen molar-refractivity contribution in [2.24, 2.45) is 35.5 Å². The number of hydrogen-bond acceptors (Lipinski definition) is 13. The largest absolute Gasteiger partial charge is 0.460 e. The number of amides is 1. The molecule has 1 aliphatic carbocycles. The standard InChI is InChI=1S/C49H75NO13/c1-28-14-10-9-11-15-29(2)39(52)26-36-19-17-34(7)49(60,63-36)46(57)47(58)50-21-13-12-16-37(50)48(59)62-41(31(4)24-35-18-20-38(51)42(25-35)61-8)27-40(53)30(3)23-33(6)44(55)45(56)43(54)32(5)22-28/h9-11,14-15,23,28,30-32,34-39,41-42,44-45,51-52,55-56,60H,12-13,16-22,24-27H2,1-8H3. The maximum Gasteiger partial charge on any atom is 0.329 e. The van der Waals surface area contributed by atoms with Gasteiger partial charge in [-0.15, -0.1) is 0 Å². The maximum absolute atomic E-state index is 14.3. The number of Topliss-reactive ketones (excluding diaryl/α,β-unsaturated/α-hetero) is 3. The Labute approximate surface area is 373 Å². The fourth-order valence-corrected chi connectivity index (χ4v) is 9.62. The van der Waals surface area contributed by atoms with Crippen LogP contribution < -0.4 is 0 Å². The lowest BCUT2D eigenvalue weighted by molar-refractivity contribution is -0.265. The monoisotopic (exact) mass is 886 g/mol. The molecule has 4 rings (SSSR count). The Morgan fingerprint density at radius 1 is 0.857 bits per heavy atom. The number of cyclic esters (lactones) is 1. The summed E-state index contributed by atoms with van der Waals surface area (Å²) in [6, 6.07) is -1.17. The molecule has 15 atom stereocenters. The topological polar surface area (TPSA) is 217 Å². The summed E-state index contributed by atoms with van der Waals surface area (Å²) in [7, 11) is 1.55. The molecule has 0 aromatic heterocycles. The van der Waals surface area contributed by atoms with Gasteiger partial charge in [-0.3, -0.25) is 19.2 Å². The van der Waals surface area contributed by atoms with Gasteiger partial charge in [0, 0.05) is 44.2 Å². The molecule has 4 aliphatic rings. The third-order valence-electron chi connectivity index (χ3n) is 14.0. The highest BCUT2D eigenvalue weighted by Crippen LogP contribution is 2.37. The quantitative estimate of drug-likeness (QED) is 0.145. The first kappa shape index (κ1) is 52.3. The average Bonchev–Trinajstić information content (AvgIpc) is 3.25. The molecular weight excluding hydrogens is 811 g/mol. The number of allylic oxidation sites excluding steroid dienone is 6. The maximum atomic E-state index is 14.3. The molecule has 14 heteroatoms. The molecule has 2 saturated heterocycles. The van der Waals surface area contributed by atoms with Gasteiger partial charge in [0.1, 0.15) is 30.1 Å². The lowest BCUT2D eigenvalue weighted by atomic mass is 9.78. The zero-order valence-electron chi connectivity index (χ0n) is 38.7. The van der Waals surface area contributed by atoms with Crippen LogP contribution in [0.15, 0.2) is 47.6 Å². The molecule has 63 heavy (non-hydrogen) atoms. The van der Waals surface area contributed by atoms with Crippen LogP contribution in [0.2, 0.25) is 0 Å². The number of carbonyl (C=O) groups excluding carboxylic acids is 5. The molecule has 0 radical (unpaired) electrons. The Hall–Kier alpha value is -3.37. The lowest BCUT2D eigenvalue weighted by Gasteiger charge is -2.42. The van der Waals surface area contributed by atoms with E-state index < -0.39 is 89.6 Å². The van der Waals surface area contributed by atoms with E-state index >= 15 is 0 Å². The van der Waals surface area contributed by atoms with Crippen molar-refractivity contribution in [3.8, 4) is 0 Å². The van der Waals surface area contributed by atoms with Gasteiger partial charge < -0.3 is 44.6 Å². The second kappa shape index (κ2) is 23.7. The Morgan fingerprint density at radius 3 is 2.27 bits per heavy atom. The number of methoxy groups -OCH3 is 1. The molecule has 3 heterocycles. The number of nitrogens with zero attached hydrogens (tertiary/aromatic N) is 1. The first-order valence-corrected chi connectivity index (χ1v) is 23.2. The molecule has 3 fully saturated rings. The summed E-state index contributed by atoms with van der Waals surface area (Å²) in [5.41, 5.74) is 0.841. The first-order valence-electron chi connectivity index (χ1n) is 23.2. The van der Waals surface area contributed by atoms with Crippen molar-refractivity contribution >= 4 is 29.2 Å². The van der Waals surface area contributed by atoms with Crippen molar-refractivity contribution in [3.63, 3.8) is 0 Å². The van der Waals surface area contributed by atoms with E-state index in [2.05, 4.69) is 0 Å². The first-order chi connectivity index (χ1) is 29.7. The van der Waals surface area contributed by atoms with E-state index in [1.807, 2.05) is 26.0 Å². The van der Waals surface area contributed by atoms with Crippen LogP contribution in [0.5, 0.6) is 0 Å². The van der Waals surface area contributed by atoms with E-state index in [-0.39, 0.29) is 61.0 Å². The van der Waals surface area contributed by atoms with E-state index in [4.69, 9.17) is 14.2 Å². The SMILES string of the molecule is COC1CC(CC(C)C2CC(=O)C(C)C=C(C)C(O)C(O)C(=O)C(C)CC(C)C=CC=CC=C(C)C(O)CC3CCC(C)C(O)(O3)C(=O)C(=O)N3CCCCC3C(=O)O2)CCC1O. The summed E-state index contributed by atoms with van der Waals surface area (Å²) in [6.07, 6.45) is 8.19. The van der Waals surface area contributed by atoms with Crippen LogP contribution in [-0.4, -0.2) is 128 Å². The number of ether oxygens (including phenoxy) is 3. The van der Waals surface area contributed by atoms with E-state index in [1.165, 1.54) is 6.08 Å². The number of rotatable bonds is 4. The van der Waals surface area contributed by atoms with Crippen molar-refractivity contribution < 1.29 is 63.7 Å². The zero-order chi connectivity index (χ0) is 46.8. The zero-order valence-corrected chi connectivity index (χ0v) is 38.7. The van der Waals surface area contributed by atoms with Crippen LogP contribution >= 0.6 is 0 Å². The number of aliphatic hydroxyl groups is 5. The Balaban J connectivity index is 1.67. The Kier molecular flexibility index (Phi) is 19.7. The van der Waals surface area contributed by atoms with Crippen LogP contribution in [-0.2, 0) is 38.2 Å². The van der Waals surface area contributed by atoms with Gasteiger partial charge in [0.15, 0.2) is 5.78 Å². The number of piperidine rings is 1. The van der Waals surface area contributed by atoms with Crippen LogP contribution in [0, 0.1) is 35.5 Å². The molecule has 0 aromatic carbocycles. The number of ketones is 3. The molecule has 354 valence electrons. The van der Waals surface area contributed by atoms with Crippen molar-refractivity contribution in [2.45, 2.75) is 180 Å². The molecular formula is C49H75NO13. The highest BCUT2D eigenvalue weighted by molar-refractivity contribution is 6.39. The predicted octanol–water partition coefficient (Wildman–Crippen LogP) is 4.87. The molecule has 15 unspecified atom stereocenters. The van der Waals surface area contributed by atoms with Crippen molar-refractivity contribution in [1.82, 2.24) is 4.90 Å². The highest BCUT2D eigenvalue weighted by Gasteiger charge is 2.53. The second-order valence-electron chi connectivity index (χ2n) is 19.2. The predicted molar refractivity (Wildman–Crippen MR) is 236 cm³/mol. The number of aliphatic hydroxyl groups excluding tert-OH is 4. The van der Waals surface area contributed by atoms with E-state index in [1.54, 1.807) is 60.0 Å². The summed E-state index contributed by atoms with van der Waals surface area (Å²) < 4.78 is 17.7. The van der Waals surface area contributed by atoms with Gasteiger partial charge in [-0.25, -0.2) is 4.79 Å². The third-order valence-corrected chi connectivity index (χ3v) is 14.0. The summed E-state index contributed by atoms with van der Waals surface area (Å²) in [6.45, 7) is 12.1. The molecule has 14 nitrogen and oxygen atoms in total. The van der Waals surface area contributed by atoms with E-state index in [9.17, 15) is 49.5 Å². The van der Waals surface area contributed by atoms with Gasteiger partial charge in [0.25, 0.3) is 11.7 Å². The van der Waals surface area contributed by atoms with Gasteiger partial charge in [-0.1, -0.05) is 71.1 Å². The van der Waals surface area contributed by atoms with E-state index in [0.29, 0.717) is 63.4 Å². The fraction of sp³-hybridized carbons (Fsp3) is 0.735. The van der Waals surface area contributed by atoms with Gasteiger partial charge in [0.2, 0.25) is 5.79 Å². The van der Waals surface area contributed by atoms with Gasteiger partial charge in [-0.2, -0.15) is 0 Å². The minimum atomic E-state index is -2.49. The minimum Gasteiger partial charge on any atom is -0.460 e. The van der Waals surface area contributed by atoms with Crippen LogP contribution in [0.3, 0.4) is 0 Å². The number of fused-ring (bicyclic) bond motifs is 3. The van der Waals surface area contributed by atoms with Crippen LogP contribution in [0.4, 0.5) is 0 Å². The summed E-state index contributed by atoms with van der Waals surface area (Å²) in [5, 5.41) is 55.4. The van der Waals surface area contributed by atoms with Gasteiger partial charge >= 0.3 is 5.97 Å². The lowest BCUT2D eigenvalue weighted by Crippen LogP contribution is -2.61. The van der Waals surface area contributed by atoms with Crippen molar-refractivity contribution in [1.29, 1.82) is 0 Å². The van der Waals surface area contributed by atoms with Crippen LogP contribution in [0.1, 0.15) is 126 Å². The number of carbonyl (C=O) groups is 5. The molecule has 1 saturated carbocycles. The van der Waals surface area contributed by atoms with Crippen molar-refractivity contribution in [3.05, 3.63) is 47.6 Å². The molecule has 1 amide bonds. The second-order valence-corrected chi connectivity index (χ2v) is 19.2. The third kappa shape index (κ3) is 13.8. The molecule has 3 aliphatic heterocycles. The molecule has 5 N–H and O–H groups in total. The van der Waals surface area contributed by atoms with E-state index in [0.717, 1.165) is 4.90 Å².